The largest absolute Gasteiger partial charge is 0.261 e. The molecule has 2 aromatic rings. The zero-order valence-electron chi connectivity index (χ0n) is 7.31. The Labute approximate surface area is 97.8 Å². The Morgan fingerprint density at radius 1 is 1.27 bits per heavy atom. The van der Waals surface area contributed by atoms with Gasteiger partial charge < -0.3 is 0 Å². The second-order valence-electron chi connectivity index (χ2n) is 2.91. The molecule has 0 fully saturated rings. The van der Waals surface area contributed by atoms with E-state index in [0.717, 1.165) is 6.20 Å². The van der Waals surface area contributed by atoms with Crippen LogP contribution >= 0.6 is 21.2 Å². The molecule has 0 saturated carbocycles. The fourth-order valence-electron chi connectivity index (χ4n) is 1.36. The topological polar surface area (TPSA) is 47.0 Å². The van der Waals surface area contributed by atoms with Gasteiger partial charge in [-0.05, 0) is 6.07 Å². The standard InChI is InChI=1S/C9H5FINO2S/c10-7-5-12-4-6-2-1-3-8(9(6)7)15(11,13)14/h1-5H. The summed E-state index contributed by atoms with van der Waals surface area (Å²) in [4.78, 5) is 3.65. The quantitative estimate of drug-likeness (QED) is 0.593. The Morgan fingerprint density at radius 3 is 2.67 bits per heavy atom. The van der Waals surface area contributed by atoms with E-state index in [0.29, 0.717) is 5.39 Å². The van der Waals surface area contributed by atoms with Crippen LogP contribution < -0.4 is 0 Å². The summed E-state index contributed by atoms with van der Waals surface area (Å²) in [7, 11) is -3.45. The van der Waals surface area contributed by atoms with Gasteiger partial charge in [0, 0.05) is 17.0 Å². The molecule has 0 N–H and O–H groups in total. The normalized spacial score (nSPS) is 11.9. The van der Waals surface area contributed by atoms with Gasteiger partial charge in [0.1, 0.15) is 0 Å². The van der Waals surface area contributed by atoms with E-state index in [4.69, 9.17) is 0 Å². The van der Waals surface area contributed by atoms with Crippen LogP contribution in [0.15, 0.2) is 35.5 Å². The fraction of sp³-hybridized carbons (Fsp3) is 0. The molecule has 15 heavy (non-hydrogen) atoms. The highest BCUT2D eigenvalue weighted by atomic mass is 127. The van der Waals surface area contributed by atoms with Gasteiger partial charge in [-0.1, -0.05) is 12.1 Å². The molecule has 6 heteroatoms. The number of hydrogen-bond acceptors (Lipinski definition) is 3. The maximum Gasteiger partial charge on any atom is 0.231 e. The van der Waals surface area contributed by atoms with Gasteiger partial charge in [0.05, 0.1) is 32.3 Å². The highest BCUT2D eigenvalue weighted by molar-refractivity contribution is 14.2. The van der Waals surface area contributed by atoms with Crippen LogP contribution in [0.25, 0.3) is 10.8 Å². The number of pyridine rings is 1. The minimum absolute atomic E-state index is 0.0134. The number of halogens is 2. The molecular weight excluding hydrogens is 332 g/mol. The van der Waals surface area contributed by atoms with Crippen molar-refractivity contribution < 1.29 is 12.8 Å². The molecule has 1 aromatic heterocycles. The predicted molar refractivity (Wildman–Crippen MR) is 62.9 cm³/mol. The molecule has 1 aromatic carbocycles. The van der Waals surface area contributed by atoms with E-state index in [2.05, 4.69) is 4.98 Å². The molecule has 0 aliphatic rings. The maximum absolute atomic E-state index is 13.4. The molecule has 0 spiro atoms. The molecule has 0 amide bonds. The molecule has 1 heterocycles. The molecule has 0 radical (unpaired) electrons. The highest BCUT2D eigenvalue weighted by Crippen LogP contribution is 2.28. The third-order valence-corrected chi connectivity index (χ3v) is 4.25. The lowest BCUT2D eigenvalue weighted by atomic mass is 10.2. The molecule has 0 unspecified atom stereocenters. The van der Waals surface area contributed by atoms with E-state index in [-0.39, 0.29) is 10.3 Å². The number of hydrogen-bond donors (Lipinski definition) is 0. The van der Waals surface area contributed by atoms with Gasteiger partial charge in [-0.15, -0.1) is 0 Å². The summed E-state index contributed by atoms with van der Waals surface area (Å²) in [6.45, 7) is 0. The lowest BCUT2D eigenvalue weighted by molar-refractivity contribution is 0.610. The van der Waals surface area contributed by atoms with Crippen LogP contribution in [-0.2, 0) is 7.01 Å². The first kappa shape index (κ1) is 10.7. The SMILES string of the molecule is O=S(=O)(I)c1cccc2cncc(F)c12. The lowest BCUT2D eigenvalue weighted by Crippen LogP contribution is -1.94. The van der Waals surface area contributed by atoms with Crippen LogP contribution in [0.4, 0.5) is 4.39 Å². The van der Waals surface area contributed by atoms with Crippen molar-refractivity contribution in [2.24, 2.45) is 0 Å². The van der Waals surface area contributed by atoms with E-state index in [1.165, 1.54) is 33.5 Å². The van der Waals surface area contributed by atoms with Crippen molar-refractivity contribution in [3.63, 3.8) is 0 Å². The van der Waals surface area contributed by atoms with E-state index < -0.39 is 12.8 Å². The van der Waals surface area contributed by atoms with Gasteiger partial charge in [0.2, 0.25) is 7.01 Å². The van der Waals surface area contributed by atoms with Crippen molar-refractivity contribution in [1.82, 2.24) is 4.98 Å². The lowest BCUT2D eigenvalue weighted by Gasteiger charge is -2.03. The molecule has 0 bridgehead atoms. The molecule has 2 rings (SSSR count). The van der Waals surface area contributed by atoms with Crippen molar-refractivity contribution in [3.8, 4) is 0 Å². The van der Waals surface area contributed by atoms with Crippen LogP contribution in [0.2, 0.25) is 0 Å². The number of rotatable bonds is 1. The average Bonchev–Trinajstić information content (AvgIpc) is 2.16. The first-order chi connectivity index (χ1) is 7.00. The number of fused-ring (bicyclic) bond motifs is 1. The molecule has 0 saturated heterocycles. The van der Waals surface area contributed by atoms with Gasteiger partial charge in [0.15, 0.2) is 5.82 Å². The van der Waals surface area contributed by atoms with E-state index in [1.807, 2.05) is 0 Å². The van der Waals surface area contributed by atoms with Crippen LogP contribution in [0.5, 0.6) is 0 Å². The van der Waals surface area contributed by atoms with Gasteiger partial charge >= 0.3 is 0 Å². The van der Waals surface area contributed by atoms with E-state index >= 15 is 0 Å². The minimum atomic E-state index is -3.45. The highest BCUT2D eigenvalue weighted by Gasteiger charge is 2.16. The summed E-state index contributed by atoms with van der Waals surface area (Å²) in [6.07, 6.45) is 2.44. The van der Waals surface area contributed by atoms with Crippen molar-refractivity contribution in [3.05, 3.63) is 36.4 Å². The van der Waals surface area contributed by atoms with Crippen LogP contribution in [0.1, 0.15) is 0 Å². The van der Waals surface area contributed by atoms with Crippen molar-refractivity contribution in [1.29, 1.82) is 0 Å². The Hall–Kier alpha value is -0.760. The summed E-state index contributed by atoms with van der Waals surface area (Å²) in [5.74, 6) is -0.622. The first-order valence-electron chi connectivity index (χ1n) is 3.97. The van der Waals surface area contributed by atoms with E-state index in [9.17, 15) is 12.8 Å². The predicted octanol–water partition coefficient (Wildman–Crippen LogP) is 2.50. The molecule has 0 aliphatic heterocycles. The minimum Gasteiger partial charge on any atom is -0.261 e. The third-order valence-electron chi connectivity index (χ3n) is 1.96. The third kappa shape index (κ3) is 1.96. The van der Waals surface area contributed by atoms with Crippen LogP contribution in [0, 0.1) is 5.82 Å². The van der Waals surface area contributed by atoms with Gasteiger partial charge in [-0.3, -0.25) is 4.98 Å². The van der Waals surface area contributed by atoms with Crippen LogP contribution in [0.3, 0.4) is 0 Å². The Kier molecular flexibility index (Phi) is 2.63. The van der Waals surface area contributed by atoms with Crippen molar-refractivity contribution >= 4 is 39.0 Å². The molecular formula is C9H5FINO2S. The van der Waals surface area contributed by atoms with Crippen molar-refractivity contribution in [2.75, 3.05) is 0 Å². The average molecular weight is 337 g/mol. The summed E-state index contributed by atoms with van der Waals surface area (Å²) in [6, 6.07) is 4.57. The van der Waals surface area contributed by atoms with Gasteiger partial charge in [0.25, 0.3) is 0 Å². The number of benzene rings is 1. The summed E-state index contributed by atoms with van der Waals surface area (Å²) in [5, 5.41) is 0.578. The van der Waals surface area contributed by atoms with Gasteiger partial charge in [-0.25, -0.2) is 12.8 Å². The summed E-state index contributed by atoms with van der Waals surface area (Å²) < 4.78 is 36.2. The number of nitrogens with zero attached hydrogens (tertiary/aromatic N) is 1. The fourth-order valence-corrected chi connectivity index (χ4v) is 3.16. The monoisotopic (exact) mass is 337 g/mol. The van der Waals surface area contributed by atoms with E-state index in [1.54, 1.807) is 12.1 Å². The molecule has 0 atom stereocenters. The van der Waals surface area contributed by atoms with Crippen molar-refractivity contribution in [2.45, 2.75) is 4.90 Å². The first-order valence-corrected chi connectivity index (χ1v) is 7.99. The second kappa shape index (κ2) is 3.67. The summed E-state index contributed by atoms with van der Waals surface area (Å²) >= 11 is 1.29. The molecule has 78 valence electrons. The zero-order chi connectivity index (χ0) is 11.1. The Bertz CT molecular complexity index is 622. The maximum atomic E-state index is 13.4. The number of aromatic nitrogens is 1. The second-order valence-corrected chi connectivity index (χ2v) is 7.71. The van der Waals surface area contributed by atoms with Gasteiger partial charge in [-0.2, -0.15) is 0 Å². The molecule has 0 aliphatic carbocycles. The smallest absolute Gasteiger partial charge is 0.231 e. The Balaban J connectivity index is 2.99. The Morgan fingerprint density at radius 2 is 2.00 bits per heavy atom. The molecule has 3 nitrogen and oxygen atoms in total. The zero-order valence-corrected chi connectivity index (χ0v) is 10.3. The summed E-state index contributed by atoms with van der Waals surface area (Å²) in [5.41, 5.74) is 0. The van der Waals surface area contributed by atoms with Crippen LogP contribution in [-0.4, -0.2) is 13.4 Å².